The standard InChI is InChI=1S/C26H34N2O3S/c1-31-22-4-2-3-21(14-22)23(29)28-9-10-32-26(28)5-7-27(8-6-26)24(30)25-15-18-11-19(16-25)13-20(12-18)17-25/h2-4,14,18-20H,5-13,15-17H2,1H3. The third-order valence-electron chi connectivity index (χ3n) is 9.06. The second-order valence-corrected chi connectivity index (χ2v) is 12.4. The van der Waals surface area contributed by atoms with E-state index >= 15 is 0 Å². The number of amides is 2. The summed E-state index contributed by atoms with van der Waals surface area (Å²) in [5.74, 6) is 4.61. The number of methoxy groups -OCH3 is 1. The SMILES string of the molecule is COc1cccc(C(=O)N2CCSC23CCN(C(=O)C24CC5CC(CC(C5)C2)C4)CC3)c1. The predicted molar refractivity (Wildman–Crippen MR) is 126 cm³/mol. The average molecular weight is 455 g/mol. The van der Waals surface area contributed by atoms with Gasteiger partial charge in [0, 0.05) is 31.0 Å². The monoisotopic (exact) mass is 454 g/mol. The topological polar surface area (TPSA) is 49.9 Å². The molecule has 0 atom stereocenters. The first-order valence-corrected chi connectivity index (χ1v) is 13.4. The van der Waals surface area contributed by atoms with E-state index in [1.165, 1.54) is 19.3 Å². The molecule has 2 saturated heterocycles. The Labute approximate surface area is 195 Å². The van der Waals surface area contributed by atoms with Crippen molar-refractivity contribution in [3.05, 3.63) is 29.8 Å². The summed E-state index contributed by atoms with van der Waals surface area (Å²) in [6.07, 6.45) is 9.27. The van der Waals surface area contributed by atoms with Crippen LogP contribution >= 0.6 is 11.8 Å². The Morgan fingerprint density at radius 1 is 1.00 bits per heavy atom. The molecular formula is C26H34N2O3S. The number of thioether (sulfide) groups is 1. The van der Waals surface area contributed by atoms with Gasteiger partial charge in [0.25, 0.3) is 5.91 Å². The summed E-state index contributed by atoms with van der Waals surface area (Å²) < 4.78 is 5.33. The van der Waals surface area contributed by atoms with Gasteiger partial charge in [-0.1, -0.05) is 6.07 Å². The minimum Gasteiger partial charge on any atom is -0.497 e. The van der Waals surface area contributed by atoms with Crippen molar-refractivity contribution >= 4 is 23.6 Å². The van der Waals surface area contributed by atoms with Gasteiger partial charge in [-0.25, -0.2) is 0 Å². The van der Waals surface area contributed by atoms with Crippen LogP contribution in [0.25, 0.3) is 0 Å². The van der Waals surface area contributed by atoms with Crippen LogP contribution in [0, 0.1) is 23.2 Å². The van der Waals surface area contributed by atoms with E-state index in [4.69, 9.17) is 4.74 Å². The zero-order valence-corrected chi connectivity index (χ0v) is 19.9. The molecule has 0 radical (unpaired) electrons. The normalized spacial score (nSPS) is 34.8. The average Bonchev–Trinajstić information content (AvgIpc) is 3.20. The van der Waals surface area contributed by atoms with E-state index in [0.29, 0.717) is 17.2 Å². The van der Waals surface area contributed by atoms with Gasteiger partial charge in [-0.2, -0.15) is 0 Å². The van der Waals surface area contributed by atoms with Gasteiger partial charge in [0.15, 0.2) is 0 Å². The highest BCUT2D eigenvalue weighted by Gasteiger charge is 2.56. The lowest BCUT2D eigenvalue weighted by molar-refractivity contribution is -0.159. The molecule has 0 aromatic heterocycles. The molecule has 0 unspecified atom stereocenters. The summed E-state index contributed by atoms with van der Waals surface area (Å²) in [5, 5.41) is 0. The number of benzene rings is 1. The van der Waals surface area contributed by atoms with Crippen LogP contribution in [0.2, 0.25) is 0 Å². The molecule has 1 aromatic rings. The number of hydrogen-bond acceptors (Lipinski definition) is 4. The lowest BCUT2D eigenvalue weighted by atomic mass is 9.49. The Hall–Kier alpha value is -1.69. The molecule has 2 amide bonds. The minimum absolute atomic E-state index is 0.0574. The van der Waals surface area contributed by atoms with Gasteiger partial charge in [0.05, 0.1) is 17.4 Å². The number of rotatable bonds is 3. The van der Waals surface area contributed by atoms with E-state index in [1.807, 2.05) is 36.0 Å². The second kappa shape index (κ2) is 7.68. The van der Waals surface area contributed by atoms with Crippen molar-refractivity contribution in [2.24, 2.45) is 23.2 Å². The van der Waals surface area contributed by atoms with E-state index in [1.54, 1.807) is 7.11 Å². The van der Waals surface area contributed by atoms with Gasteiger partial charge < -0.3 is 14.5 Å². The zero-order valence-electron chi connectivity index (χ0n) is 19.1. The lowest BCUT2D eigenvalue weighted by Crippen LogP contribution is -2.58. The van der Waals surface area contributed by atoms with Crippen molar-refractivity contribution < 1.29 is 14.3 Å². The van der Waals surface area contributed by atoms with Crippen LogP contribution in [0.3, 0.4) is 0 Å². The van der Waals surface area contributed by atoms with E-state index in [-0.39, 0.29) is 16.2 Å². The number of ether oxygens (including phenoxy) is 1. The zero-order chi connectivity index (χ0) is 21.9. The maximum Gasteiger partial charge on any atom is 0.255 e. The number of hydrogen-bond donors (Lipinski definition) is 0. The molecule has 6 aliphatic rings. The first-order valence-electron chi connectivity index (χ1n) is 12.4. The molecule has 32 heavy (non-hydrogen) atoms. The maximum absolute atomic E-state index is 13.8. The molecule has 0 N–H and O–H groups in total. The smallest absolute Gasteiger partial charge is 0.255 e. The molecule has 5 nitrogen and oxygen atoms in total. The molecule has 2 aliphatic heterocycles. The van der Waals surface area contributed by atoms with E-state index in [0.717, 1.165) is 75.2 Å². The number of piperidine rings is 1. The van der Waals surface area contributed by atoms with Crippen molar-refractivity contribution in [1.82, 2.24) is 9.80 Å². The molecule has 7 rings (SSSR count). The Morgan fingerprint density at radius 2 is 1.66 bits per heavy atom. The van der Waals surface area contributed by atoms with Crippen LogP contribution in [-0.4, -0.2) is 59.0 Å². The van der Waals surface area contributed by atoms with E-state index in [2.05, 4.69) is 9.80 Å². The number of carbonyl (C=O) groups excluding carboxylic acids is 2. The molecule has 1 spiro atoms. The Bertz CT molecular complexity index is 888. The second-order valence-electron chi connectivity index (χ2n) is 11.0. The Balaban J connectivity index is 1.16. The van der Waals surface area contributed by atoms with E-state index < -0.39 is 0 Å². The van der Waals surface area contributed by atoms with Crippen molar-refractivity contribution in [3.63, 3.8) is 0 Å². The molecule has 6 fully saturated rings. The third kappa shape index (κ3) is 3.27. The third-order valence-corrected chi connectivity index (χ3v) is 10.6. The Kier molecular flexibility index (Phi) is 5.01. The quantitative estimate of drug-likeness (QED) is 0.678. The Morgan fingerprint density at radius 3 is 2.28 bits per heavy atom. The summed E-state index contributed by atoms with van der Waals surface area (Å²) in [4.78, 5) is 31.3. The van der Waals surface area contributed by atoms with Gasteiger partial charge in [0.2, 0.25) is 5.91 Å². The highest BCUT2D eigenvalue weighted by atomic mass is 32.2. The molecule has 4 aliphatic carbocycles. The number of likely N-dealkylation sites (tertiary alicyclic amines) is 1. The summed E-state index contributed by atoms with van der Waals surface area (Å²) in [6.45, 7) is 2.36. The summed E-state index contributed by atoms with van der Waals surface area (Å²) in [7, 11) is 1.63. The maximum atomic E-state index is 13.8. The molecule has 4 saturated carbocycles. The van der Waals surface area contributed by atoms with Crippen LogP contribution in [0.1, 0.15) is 61.7 Å². The van der Waals surface area contributed by atoms with Crippen molar-refractivity contribution in [1.29, 1.82) is 0 Å². The number of carbonyl (C=O) groups is 2. The minimum atomic E-state index is -0.168. The van der Waals surface area contributed by atoms with Gasteiger partial charge in [-0.15, -0.1) is 11.8 Å². The van der Waals surface area contributed by atoms with Crippen molar-refractivity contribution in [3.8, 4) is 5.75 Å². The fourth-order valence-corrected chi connectivity index (χ4v) is 9.44. The highest BCUT2D eigenvalue weighted by molar-refractivity contribution is 8.00. The predicted octanol–water partition coefficient (Wildman–Crippen LogP) is 4.42. The first-order chi connectivity index (χ1) is 15.5. The fraction of sp³-hybridized carbons (Fsp3) is 0.692. The van der Waals surface area contributed by atoms with Crippen LogP contribution in [-0.2, 0) is 4.79 Å². The summed E-state index contributed by atoms with van der Waals surface area (Å²) in [6, 6.07) is 7.48. The fourth-order valence-electron chi connectivity index (χ4n) is 7.99. The van der Waals surface area contributed by atoms with Crippen molar-refractivity contribution in [2.75, 3.05) is 32.5 Å². The highest BCUT2D eigenvalue weighted by Crippen LogP contribution is 2.61. The first kappa shape index (κ1) is 20.9. The van der Waals surface area contributed by atoms with Crippen LogP contribution < -0.4 is 4.74 Å². The molecule has 1 aromatic carbocycles. The van der Waals surface area contributed by atoms with E-state index in [9.17, 15) is 9.59 Å². The summed E-state index contributed by atoms with van der Waals surface area (Å²) in [5.41, 5.74) is 0.635. The number of nitrogens with zero attached hydrogens (tertiary/aromatic N) is 2. The molecule has 2 heterocycles. The molecule has 6 heteroatoms. The molecule has 172 valence electrons. The van der Waals surface area contributed by atoms with Gasteiger partial charge in [-0.05, 0) is 87.3 Å². The van der Waals surface area contributed by atoms with Crippen molar-refractivity contribution in [2.45, 2.75) is 56.2 Å². The van der Waals surface area contributed by atoms with Crippen LogP contribution in [0.15, 0.2) is 24.3 Å². The summed E-state index contributed by atoms with van der Waals surface area (Å²) >= 11 is 1.92. The van der Waals surface area contributed by atoms with Gasteiger partial charge in [0.1, 0.15) is 5.75 Å². The van der Waals surface area contributed by atoms with Gasteiger partial charge in [-0.3, -0.25) is 9.59 Å². The lowest BCUT2D eigenvalue weighted by Gasteiger charge is -2.57. The molecular weight excluding hydrogens is 420 g/mol. The molecule has 4 bridgehead atoms. The van der Waals surface area contributed by atoms with Crippen LogP contribution in [0.5, 0.6) is 5.75 Å². The van der Waals surface area contributed by atoms with Crippen LogP contribution in [0.4, 0.5) is 0 Å². The van der Waals surface area contributed by atoms with Gasteiger partial charge >= 0.3 is 0 Å². The largest absolute Gasteiger partial charge is 0.497 e.